The summed E-state index contributed by atoms with van der Waals surface area (Å²) in [7, 11) is 0. The predicted molar refractivity (Wildman–Crippen MR) is 119 cm³/mol. The average Bonchev–Trinajstić information content (AvgIpc) is 2.77. The highest BCUT2D eigenvalue weighted by molar-refractivity contribution is 6.02. The Labute approximate surface area is 182 Å². The number of rotatable bonds is 4. The van der Waals surface area contributed by atoms with Crippen molar-refractivity contribution < 1.29 is 18.0 Å². The molecular weight excluding hydrogens is 415 g/mol. The second kappa shape index (κ2) is 8.34. The number of alkyl halides is 3. The Morgan fingerprint density at radius 1 is 1.00 bits per heavy atom. The molecule has 1 heterocycles. The van der Waals surface area contributed by atoms with Gasteiger partial charge < -0.3 is 11.1 Å². The Hall–Kier alpha value is -3.87. The van der Waals surface area contributed by atoms with Crippen LogP contribution in [0.2, 0.25) is 0 Å². The topological polar surface area (TPSA) is 68.0 Å². The number of carbonyl (C=O) groups is 1. The van der Waals surface area contributed by atoms with Gasteiger partial charge in [-0.05, 0) is 65.2 Å². The van der Waals surface area contributed by atoms with E-state index in [1.165, 1.54) is 12.1 Å². The van der Waals surface area contributed by atoms with E-state index in [1.807, 2.05) is 25.1 Å². The van der Waals surface area contributed by atoms with E-state index in [0.717, 1.165) is 28.5 Å². The molecule has 0 unspecified atom stereocenters. The van der Waals surface area contributed by atoms with E-state index in [4.69, 9.17) is 5.73 Å². The molecule has 162 valence electrons. The number of hydrogen-bond donors (Lipinski definition) is 2. The van der Waals surface area contributed by atoms with Gasteiger partial charge >= 0.3 is 6.18 Å². The van der Waals surface area contributed by atoms with E-state index in [0.29, 0.717) is 22.5 Å². The summed E-state index contributed by atoms with van der Waals surface area (Å²) >= 11 is 0. The summed E-state index contributed by atoms with van der Waals surface area (Å²) in [5, 5.41) is 4.56. The molecule has 0 saturated carbocycles. The van der Waals surface area contributed by atoms with Gasteiger partial charge in [-0.3, -0.25) is 9.78 Å². The van der Waals surface area contributed by atoms with Crippen LogP contribution in [0.3, 0.4) is 0 Å². The maximum atomic E-state index is 12.9. The van der Waals surface area contributed by atoms with Gasteiger partial charge in [-0.15, -0.1) is 0 Å². The standard InChI is InChI=1S/C25H20F3N3O/c1-15(23-14-20(29)11-12-30-23)31-24(32)18-7-10-22-17(13-18)3-2-4-21(22)16-5-8-19(9-6-16)25(26,27)28/h2-15H,1H3,(H2,29,30)(H,31,32)/t15-/m1/s1. The van der Waals surface area contributed by atoms with Crippen molar-refractivity contribution in [3.8, 4) is 11.1 Å². The maximum Gasteiger partial charge on any atom is 0.416 e. The minimum atomic E-state index is -4.38. The molecule has 0 radical (unpaired) electrons. The fraction of sp³-hybridized carbons (Fsp3) is 0.120. The molecule has 0 bridgehead atoms. The fourth-order valence-corrected chi connectivity index (χ4v) is 3.57. The van der Waals surface area contributed by atoms with Gasteiger partial charge in [-0.25, -0.2) is 0 Å². The van der Waals surface area contributed by atoms with Gasteiger partial charge in [0.25, 0.3) is 5.91 Å². The zero-order valence-corrected chi connectivity index (χ0v) is 17.1. The van der Waals surface area contributed by atoms with Gasteiger partial charge in [0.15, 0.2) is 0 Å². The van der Waals surface area contributed by atoms with Gasteiger partial charge in [0, 0.05) is 17.4 Å². The average molecular weight is 435 g/mol. The lowest BCUT2D eigenvalue weighted by Crippen LogP contribution is -2.27. The first-order chi connectivity index (χ1) is 15.2. The van der Waals surface area contributed by atoms with E-state index < -0.39 is 11.7 Å². The van der Waals surface area contributed by atoms with Crippen LogP contribution in [-0.4, -0.2) is 10.9 Å². The number of halogens is 3. The number of benzene rings is 3. The minimum absolute atomic E-state index is 0.261. The first-order valence-corrected chi connectivity index (χ1v) is 9.95. The van der Waals surface area contributed by atoms with Crippen LogP contribution in [0, 0.1) is 0 Å². The Bertz CT molecular complexity index is 1280. The van der Waals surface area contributed by atoms with Crippen molar-refractivity contribution in [2.45, 2.75) is 19.1 Å². The van der Waals surface area contributed by atoms with E-state index in [9.17, 15) is 18.0 Å². The molecular formula is C25H20F3N3O. The number of carbonyl (C=O) groups excluding carboxylic acids is 1. The molecule has 1 atom stereocenters. The van der Waals surface area contributed by atoms with Gasteiger partial charge in [0.05, 0.1) is 17.3 Å². The summed E-state index contributed by atoms with van der Waals surface area (Å²) in [5.41, 5.74) is 8.25. The number of pyridine rings is 1. The highest BCUT2D eigenvalue weighted by Gasteiger charge is 2.30. The highest BCUT2D eigenvalue weighted by atomic mass is 19.4. The first-order valence-electron chi connectivity index (χ1n) is 9.95. The zero-order valence-electron chi connectivity index (χ0n) is 17.1. The Morgan fingerprint density at radius 2 is 1.75 bits per heavy atom. The third kappa shape index (κ3) is 4.42. The van der Waals surface area contributed by atoms with Crippen molar-refractivity contribution in [2.24, 2.45) is 0 Å². The van der Waals surface area contributed by atoms with Crippen molar-refractivity contribution in [1.29, 1.82) is 0 Å². The number of nitrogens with zero attached hydrogens (tertiary/aromatic N) is 1. The van der Waals surface area contributed by atoms with Crippen LogP contribution in [0.25, 0.3) is 21.9 Å². The van der Waals surface area contributed by atoms with Crippen LogP contribution in [0.4, 0.5) is 18.9 Å². The SMILES string of the molecule is C[C@@H](NC(=O)c1ccc2c(-c3ccc(C(F)(F)F)cc3)cccc2c1)c1cc(N)ccn1. The van der Waals surface area contributed by atoms with E-state index in [2.05, 4.69) is 10.3 Å². The molecule has 0 aliphatic heterocycles. The highest BCUT2D eigenvalue weighted by Crippen LogP contribution is 2.33. The quantitative estimate of drug-likeness (QED) is 0.414. The maximum absolute atomic E-state index is 12.9. The van der Waals surface area contributed by atoms with Gasteiger partial charge in [-0.1, -0.05) is 36.4 Å². The molecule has 0 aliphatic carbocycles. The molecule has 3 aromatic carbocycles. The van der Waals surface area contributed by atoms with Crippen molar-refractivity contribution in [1.82, 2.24) is 10.3 Å². The monoisotopic (exact) mass is 435 g/mol. The number of amides is 1. The molecule has 7 heteroatoms. The second-order valence-corrected chi connectivity index (χ2v) is 7.53. The summed E-state index contributed by atoms with van der Waals surface area (Å²) in [5.74, 6) is -0.261. The number of hydrogen-bond acceptors (Lipinski definition) is 3. The predicted octanol–water partition coefficient (Wildman–Crippen LogP) is 5.99. The number of nitrogens with one attached hydrogen (secondary N) is 1. The van der Waals surface area contributed by atoms with Crippen molar-refractivity contribution >= 4 is 22.4 Å². The Balaban J connectivity index is 1.61. The number of anilines is 1. The van der Waals surface area contributed by atoms with Gasteiger partial charge in [-0.2, -0.15) is 13.2 Å². The lowest BCUT2D eigenvalue weighted by Gasteiger charge is -2.15. The van der Waals surface area contributed by atoms with Crippen LogP contribution in [0.15, 0.2) is 79.0 Å². The molecule has 32 heavy (non-hydrogen) atoms. The van der Waals surface area contributed by atoms with Crippen LogP contribution in [0.1, 0.15) is 34.6 Å². The zero-order chi connectivity index (χ0) is 22.9. The molecule has 0 saturated heterocycles. The summed E-state index contributed by atoms with van der Waals surface area (Å²) in [6.07, 6.45) is -2.79. The molecule has 3 N–H and O–H groups in total. The fourth-order valence-electron chi connectivity index (χ4n) is 3.57. The summed E-state index contributed by atoms with van der Waals surface area (Å²) < 4.78 is 38.6. The van der Waals surface area contributed by atoms with Crippen LogP contribution in [0.5, 0.6) is 0 Å². The minimum Gasteiger partial charge on any atom is -0.399 e. The number of fused-ring (bicyclic) bond motifs is 1. The number of aromatic nitrogens is 1. The Kier molecular flexibility index (Phi) is 5.57. The molecule has 4 nitrogen and oxygen atoms in total. The Morgan fingerprint density at radius 3 is 2.44 bits per heavy atom. The molecule has 1 aromatic heterocycles. The third-order valence-corrected chi connectivity index (χ3v) is 5.26. The smallest absolute Gasteiger partial charge is 0.399 e. The van der Waals surface area contributed by atoms with Crippen molar-refractivity contribution in [3.05, 3.63) is 95.8 Å². The molecule has 4 rings (SSSR count). The summed E-state index contributed by atoms with van der Waals surface area (Å²) in [6.45, 7) is 1.82. The van der Waals surface area contributed by atoms with Crippen LogP contribution in [-0.2, 0) is 6.18 Å². The number of nitrogen functional groups attached to an aromatic ring is 1. The van der Waals surface area contributed by atoms with Crippen LogP contribution < -0.4 is 11.1 Å². The lowest BCUT2D eigenvalue weighted by molar-refractivity contribution is -0.137. The second-order valence-electron chi connectivity index (χ2n) is 7.53. The van der Waals surface area contributed by atoms with Crippen molar-refractivity contribution in [3.63, 3.8) is 0 Å². The first kappa shape index (κ1) is 21.4. The number of nitrogens with two attached hydrogens (primary N) is 1. The molecule has 4 aromatic rings. The van der Waals surface area contributed by atoms with Gasteiger partial charge in [0.2, 0.25) is 0 Å². The van der Waals surface area contributed by atoms with E-state index >= 15 is 0 Å². The largest absolute Gasteiger partial charge is 0.416 e. The van der Waals surface area contributed by atoms with Gasteiger partial charge in [0.1, 0.15) is 0 Å². The molecule has 0 aliphatic rings. The molecule has 0 spiro atoms. The molecule has 1 amide bonds. The van der Waals surface area contributed by atoms with E-state index in [1.54, 1.807) is 36.5 Å². The lowest BCUT2D eigenvalue weighted by atomic mass is 9.96. The summed E-state index contributed by atoms with van der Waals surface area (Å²) in [4.78, 5) is 17.0. The molecule has 0 fully saturated rings. The summed E-state index contributed by atoms with van der Waals surface area (Å²) in [6, 6.07) is 18.9. The normalized spacial score (nSPS) is 12.5. The van der Waals surface area contributed by atoms with Crippen molar-refractivity contribution in [2.75, 3.05) is 5.73 Å². The van der Waals surface area contributed by atoms with E-state index in [-0.39, 0.29) is 11.9 Å². The third-order valence-electron chi connectivity index (χ3n) is 5.26. The van der Waals surface area contributed by atoms with Crippen LogP contribution >= 0.6 is 0 Å².